The molecule has 0 spiro atoms. The lowest BCUT2D eigenvalue weighted by Gasteiger charge is -2.11. The van der Waals surface area contributed by atoms with E-state index in [1.54, 1.807) is 31.2 Å². The van der Waals surface area contributed by atoms with Gasteiger partial charge in [-0.1, -0.05) is 17.3 Å². The average molecular weight is 384 g/mol. The van der Waals surface area contributed by atoms with Crippen LogP contribution in [0.3, 0.4) is 0 Å². The number of halogens is 1. The molecule has 0 bridgehead atoms. The molecular weight excluding hydrogens is 367 g/mol. The van der Waals surface area contributed by atoms with Crippen molar-refractivity contribution in [2.75, 3.05) is 12.1 Å². The van der Waals surface area contributed by atoms with Gasteiger partial charge in [0.1, 0.15) is 5.82 Å². The van der Waals surface area contributed by atoms with Crippen molar-refractivity contribution < 1.29 is 23.8 Å². The van der Waals surface area contributed by atoms with Gasteiger partial charge in [-0.05, 0) is 36.8 Å². The molecule has 2 N–H and O–H groups in total. The molecule has 3 aromatic rings. The zero-order valence-electron chi connectivity index (χ0n) is 14.9. The zero-order valence-corrected chi connectivity index (χ0v) is 14.9. The molecule has 1 aliphatic rings. The molecule has 144 valence electrons. The third-order valence-corrected chi connectivity index (χ3v) is 4.43. The highest BCUT2D eigenvalue weighted by Gasteiger charge is 2.18. The van der Waals surface area contributed by atoms with Crippen molar-refractivity contribution in [3.63, 3.8) is 0 Å². The van der Waals surface area contributed by atoms with Crippen LogP contribution in [0.4, 0.5) is 10.1 Å². The Morgan fingerprint density at radius 3 is 3.00 bits per heavy atom. The number of anilines is 1. The second-order valence-corrected chi connectivity index (χ2v) is 6.32. The molecule has 4 rings (SSSR count). The molecule has 0 saturated heterocycles. The minimum Gasteiger partial charge on any atom is -0.454 e. The first-order valence-corrected chi connectivity index (χ1v) is 8.55. The molecule has 0 radical (unpaired) electrons. The number of rotatable bonds is 5. The third-order valence-electron chi connectivity index (χ3n) is 4.43. The van der Waals surface area contributed by atoms with Gasteiger partial charge in [0.2, 0.25) is 6.79 Å². The molecule has 1 amide bonds. The van der Waals surface area contributed by atoms with Gasteiger partial charge in [-0.25, -0.2) is 9.07 Å². The minimum absolute atomic E-state index is 0.0570. The Labute approximate surface area is 159 Å². The molecule has 8 nitrogen and oxygen atoms in total. The number of ether oxygens (including phenoxy) is 2. The van der Waals surface area contributed by atoms with Crippen molar-refractivity contribution in [3.05, 3.63) is 65.2 Å². The van der Waals surface area contributed by atoms with Crippen LogP contribution < -0.4 is 14.8 Å². The second kappa shape index (κ2) is 7.28. The fourth-order valence-electron chi connectivity index (χ4n) is 2.82. The number of fused-ring (bicyclic) bond motifs is 1. The lowest BCUT2D eigenvalue weighted by molar-refractivity contribution is 0.102. The Morgan fingerprint density at radius 2 is 2.14 bits per heavy atom. The van der Waals surface area contributed by atoms with Gasteiger partial charge in [0, 0.05) is 11.3 Å². The van der Waals surface area contributed by atoms with Crippen molar-refractivity contribution in [3.8, 4) is 11.5 Å². The number of hydrogen-bond donors (Lipinski definition) is 2. The van der Waals surface area contributed by atoms with E-state index in [2.05, 4.69) is 15.6 Å². The molecule has 1 aliphatic heterocycles. The normalized spacial score (nSPS) is 13.4. The lowest BCUT2D eigenvalue weighted by Crippen LogP contribution is -2.14. The van der Waals surface area contributed by atoms with E-state index in [9.17, 15) is 14.3 Å². The Kier molecular flexibility index (Phi) is 4.66. The predicted molar refractivity (Wildman–Crippen MR) is 96.6 cm³/mol. The summed E-state index contributed by atoms with van der Waals surface area (Å²) in [4.78, 5) is 12.3. The van der Waals surface area contributed by atoms with E-state index in [-0.39, 0.29) is 19.0 Å². The topological polar surface area (TPSA) is 98.5 Å². The number of aliphatic hydroxyl groups is 1. The SMILES string of the molecule is Cc1c(F)cccc1NC(=O)c1cn(C[C@H](O)c2ccc3c(c2)OCO3)nn1. The summed E-state index contributed by atoms with van der Waals surface area (Å²) in [6.45, 7) is 1.82. The Hall–Kier alpha value is -3.46. The Balaban J connectivity index is 1.44. The van der Waals surface area contributed by atoms with E-state index in [4.69, 9.17) is 9.47 Å². The number of aromatic nitrogens is 3. The predicted octanol–water partition coefficient (Wildman–Crippen LogP) is 2.44. The number of hydrogen-bond acceptors (Lipinski definition) is 6. The zero-order chi connectivity index (χ0) is 19.7. The average Bonchev–Trinajstić information content (AvgIpc) is 3.34. The molecule has 1 atom stereocenters. The lowest BCUT2D eigenvalue weighted by atomic mass is 10.1. The summed E-state index contributed by atoms with van der Waals surface area (Å²) in [6.07, 6.45) is 0.540. The van der Waals surface area contributed by atoms with Crippen LogP contribution in [0.1, 0.15) is 27.7 Å². The highest BCUT2D eigenvalue weighted by atomic mass is 19.1. The van der Waals surface area contributed by atoms with Crippen molar-refractivity contribution in [1.29, 1.82) is 0 Å². The van der Waals surface area contributed by atoms with E-state index in [1.807, 2.05) is 0 Å². The van der Waals surface area contributed by atoms with Crippen LogP contribution in [0.2, 0.25) is 0 Å². The third kappa shape index (κ3) is 3.52. The van der Waals surface area contributed by atoms with Crippen LogP contribution in [0.5, 0.6) is 11.5 Å². The van der Waals surface area contributed by atoms with E-state index < -0.39 is 17.8 Å². The van der Waals surface area contributed by atoms with Crippen LogP contribution >= 0.6 is 0 Å². The maximum atomic E-state index is 13.6. The summed E-state index contributed by atoms with van der Waals surface area (Å²) in [5.74, 6) is 0.273. The molecule has 0 saturated carbocycles. The first-order valence-electron chi connectivity index (χ1n) is 8.55. The Bertz CT molecular complexity index is 1040. The van der Waals surface area contributed by atoms with Gasteiger partial charge >= 0.3 is 0 Å². The Morgan fingerprint density at radius 1 is 1.32 bits per heavy atom. The molecule has 0 aliphatic carbocycles. The summed E-state index contributed by atoms with van der Waals surface area (Å²) >= 11 is 0. The van der Waals surface area contributed by atoms with Gasteiger partial charge in [0.05, 0.1) is 18.8 Å². The van der Waals surface area contributed by atoms with Gasteiger partial charge in [0.15, 0.2) is 17.2 Å². The second-order valence-electron chi connectivity index (χ2n) is 6.32. The number of benzene rings is 2. The van der Waals surface area contributed by atoms with Crippen LogP contribution in [0.15, 0.2) is 42.6 Å². The highest BCUT2D eigenvalue weighted by Crippen LogP contribution is 2.34. The van der Waals surface area contributed by atoms with Crippen molar-refractivity contribution in [1.82, 2.24) is 15.0 Å². The number of carbonyl (C=O) groups is 1. The van der Waals surface area contributed by atoms with Crippen molar-refractivity contribution >= 4 is 11.6 Å². The monoisotopic (exact) mass is 384 g/mol. The molecule has 2 aromatic carbocycles. The van der Waals surface area contributed by atoms with E-state index in [0.29, 0.717) is 28.3 Å². The molecule has 0 unspecified atom stereocenters. The fourth-order valence-corrected chi connectivity index (χ4v) is 2.82. The van der Waals surface area contributed by atoms with Crippen molar-refractivity contribution in [2.24, 2.45) is 0 Å². The van der Waals surface area contributed by atoms with Crippen LogP contribution in [0.25, 0.3) is 0 Å². The van der Waals surface area contributed by atoms with Gasteiger partial charge in [-0.2, -0.15) is 0 Å². The quantitative estimate of drug-likeness (QED) is 0.701. The smallest absolute Gasteiger partial charge is 0.277 e. The highest BCUT2D eigenvalue weighted by molar-refractivity contribution is 6.03. The number of nitrogens with one attached hydrogen (secondary N) is 1. The molecule has 0 fully saturated rings. The molecule has 2 heterocycles. The maximum absolute atomic E-state index is 13.6. The van der Waals surface area contributed by atoms with Gasteiger partial charge in [-0.3, -0.25) is 4.79 Å². The molecule has 9 heteroatoms. The van der Waals surface area contributed by atoms with E-state index >= 15 is 0 Å². The van der Waals surface area contributed by atoms with E-state index in [0.717, 1.165) is 0 Å². The van der Waals surface area contributed by atoms with Gasteiger partial charge < -0.3 is 19.9 Å². The molecular formula is C19H17FN4O4. The summed E-state index contributed by atoms with van der Waals surface area (Å²) in [5.41, 5.74) is 1.38. The summed E-state index contributed by atoms with van der Waals surface area (Å²) in [5, 5.41) is 20.7. The van der Waals surface area contributed by atoms with Gasteiger partial charge in [-0.15, -0.1) is 5.10 Å². The molecule has 1 aromatic heterocycles. The molecule has 28 heavy (non-hydrogen) atoms. The summed E-state index contributed by atoms with van der Waals surface area (Å²) in [6, 6.07) is 9.58. The van der Waals surface area contributed by atoms with Crippen LogP contribution in [-0.4, -0.2) is 32.8 Å². The van der Waals surface area contributed by atoms with Gasteiger partial charge in [0.25, 0.3) is 5.91 Å². The van der Waals surface area contributed by atoms with E-state index in [1.165, 1.54) is 23.0 Å². The van der Waals surface area contributed by atoms with Crippen molar-refractivity contribution in [2.45, 2.75) is 19.6 Å². The number of nitrogens with zero attached hydrogens (tertiary/aromatic N) is 3. The number of amides is 1. The first-order chi connectivity index (χ1) is 13.5. The van der Waals surface area contributed by atoms with Crippen LogP contribution in [-0.2, 0) is 6.54 Å². The fraction of sp³-hybridized carbons (Fsp3) is 0.211. The summed E-state index contributed by atoms with van der Waals surface area (Å²) in [7, 11) is 0. The number of aliphatic hydroxyl groups excluding tert-OH is 1. The first kappa shape index (κ1) is 17.9. The standard InChI is InChI=1S/C19H17FN4O4/c1-11-13(20)3-2-4-14(11)21-19(26)15-8-24(23-22-15)9-16(25)12-5-6-17-18(7-12)28-10-27-17/h2-8,16,25H,9-10H2,1H3,(H,21,26)/t16-/m0/s1. The van der Waals surface area contributed by atoms with Crippen LogP contribution in [0, 0.1) is 12.7 Å². The minimum atomic E-state index is -0.877. The maximum Gasteiger partial charge on any atom is 0.277 e. The largest absolute Gasteiger partial charge is 0.454 e. The number of carbonyl (C=O) groups excluding carboxylic acids is 1. The summed E-state index contributed by atoms with van der Waals surface area (Å²) < 4.78 is 25.5.